The van der Waals surface area contributed by atoms with Gasteiger partial charge in [-0.05, 0) is 0 Å². The molecule has 0 unspecified atom stereocenters. The molecule has 0 saturated carbocycles. The third kappa shape index (κ3) is 3.55. The molecule has 6 nitrogen and oxygen atoms in total. The SMILES string of the molecule is C[C@](Br)(C[C@@](C)(Br)[N+](=O)[O-])[N+](=O)[O-]. The monoisotopic (exact) mass is 318 g/mol. The molecule has 0 aliphatic heterocycles. The van der Waals surface area contributed by atoms with Crippen LogP contribution in [0.15, 0.2) is 0 Å². The minimum absolute atomic E-state index is 0.250. The average molecular weight is 320 g/mol. The van der Waals surface area contributed by atoms with Gasteiger partial charge in [0, 0.05) is 55.6 Å². The Balaban J connectivity index is 4.61. The second kappa shape index (κ2) is 3.87. The van der Waals surface area contributed by atoms with Crippen LogP contribution in [0, 0.1) is 20.2 Å². The summed E-state index contributed by atoms with van der Waals surface area (Å²) in [5.74, 6) is 0. The molecule has 13 heavy (non-hydrogen) atoms. The first kappa shape index (κ1) is 12.8. The molecule has 0 fully saturated rings. The van der Waals surface area contributed by atoms with Crippen molar-refractivity contribution in [3.8, 4) is 0 Å². The zero-order valence-corrected chi connectivity index (χ0v) is 10.2. The highest BCUT2D eigenvalue weighted by atomic mass is 79.9. The molecular weight excluding hydrogens is 312 g/mol. The van der Waals surface area contributed by atoms with Crippen LogP contribution in [0.3, 0.4) is 0 Å². The van der Waals surface area contributed by atoms with Crippen LogP contribution in [0.5, 0.6) is 0 Å². The quantitative estimate of drug-likeness (QED) is 0.344. The van der Waals surface area contributed by atoms with Crippen LogP contribution in [-0.4, -0.2) is 18.7 Å². The van der Waals surface area contributed by atoms with Crippen LogP contribution in [0.1, 0.15) is 20.3 Å². The molecule has 0 spiro atoms. The molecule has 0 radical (unpaired) electrons. The van der Waals surface area contributed by atoms with Crippen LogP contribution in [0.2, 0.25) is 0 Å². The van der Waals surface area contributed by atoms with Crippen LogP contribution in [-0.2, 0) is 0 Å². The maximum absolute atomic E-state index is 10.4. The number of halogens is 2. The van der Waals surface area contributed by atoms with Gasteiger partial charge in [0.15, 0.2) is 0 Å². The van der Waals surface area contributed by atoms with Crippen molar-refractivity contribution < 1.29 is 9.85 Å². The molecular formula is C5H8Br2N2O4. The number of hydrogen-bond acceptors (Lipinski definition) is 4. The number of alkyl halides is 2. The van der Waals surface area contributed by atoms with Crippen molar-refractivity contribution in [2.75, 3.05) is 0 Å². The predicted molar refractivity (Wildman–Crippen MR) is 53.3 cm³/mol. The van der Waals surface area contributed by atoms with E-state index in [1.165, 1.54) is 13.8 Å². The van der Waals surface area contributed by atoms with E-state index in [-0.39, 0.29) is 6.42 Å². The Morgan fingerprint density at radius 3 is 1.46 bits per heavy atom. The lowest BCUT2D eigenvalue weighted by Gasteiger charge is -2.19. The van der Waals surface area contributed by atoms with Gasteiger partial charge in [0.25, 0.3) is 8.90 Å². The lowest BCUT2D eigenvalue weighted by molar-refractivity contribution is -0.570. The first-order chi connectivity index (χ1) is 5.59. The van der Waals surface area contributed by atoms with Gasteiger partial charge in [0.2, 0.25) is 0 Å². The molecule has 8 heteroatoms. The van der Waals surface area contributed by atoms with Crippen molar-refractivity contribution in [2.45, 2.75) is 29.2 Å². The third-order valence-corrected chi connectivity index (χ3v) is 2.55. The van der Waals surface area contributed by atoms with E-state index >= 15 is 0 Å². The van der Waals surface area contributed by atoms with E-state index in [1.807, 2.05) is 0 Å². The Kier molecular flexibility index (Phi) is 3.80. The molecule has 0 saturated heterocycles. The van der Waals surface area contributed by atoms with E-state index in [4.69, 9.17) is 0 Å². The highest BCUT2D eigenvalue weighted by molar-refractivity contribution is 9.10. The van der Waals surface area contributed by atoms with Crippen LogP contribution in [0.25, 0.3) is 0 Å². The molecule has 0 aromatic rings. The van der Waals surface area contributed by atoms with Gasteiger partial charge in [-0.15, -0.1) is 0 Å². The Morgan fingerprint density at radius 1 is 1.08 bits per heavy atom. The molecule has 76 valence electrons. The molecule has 0 aliphatic rings. The van der Waals surface area contributed by atoms with Crippen molar-refractivity contribution in [1.29, 1.82) is 0 Å². The topological polar surface area (TPSA) is 86.3 Å². The summed E-state index contributed by atoms with van der Waals surface area (Å²) in [5.41, 5.74) is 0. The summed E-state index contributed by atoms with van der Waals surface area (Å²) in [5, 5.41) is 20.9. The lowest BCUT2D eigenvalue weighted by Crippen LogP contribution is -2.39. The summed E-state index contributed by atoms with van der Waals surface area (Å²) in [4.78, 5) is 19.7. The van der Waals surface area contributed by atoms with Crippen LogP contribution in [0.4, 0.5) is 0 Å². The number of rotatable bonds is 4. The van der Waals surface area contributed by atoms with E-state index < -0.39 is 18.7 Å². The van der Waals surface area contributed by atoms with Crippen molar-refractivity contribution in [3.05, 3.63) is 20.2 Å². The summed E-state index contributed by atoms with van der Waals surface area (Å²) in [6, 6.07) is 0. The summed E-state index contributed by atoms with van der Waals surface area (Å²) in [6.07, 6.45) is -0.250. The smallest absolute Gasteiger partial charge is 0.263 e. The van der Waals surface area contributed by atoms with Gasteiger partial charge in [-0.2, -0.15) is 0 Å². The van der Waals surface area contributed by atoms with Gasteiger partial charge in [-0.1, -0.05) is 0 Å². The van der Waals surface area contributed by atoms with Crippen molar-refractivity contribution >= 4 is 31.9 Å². The maximum Gasteiger partial charge on any atom is 0.279 e. The molecule has 0 aliphatic carbocycles. The van der Waals surface area contributed by atoms with Gasteiger partial charge < -0.3 is 0 Å². The average Bonchev–Trinajstić information content (AvgIpc) is 1.83. The molecule has 0 rings (SSSR count). The minimum atomic E-state index is -1.49. The molecule has 0 heterocycles. The predicted octanol–water partition coefficient (Wildman–Crippen LogP) is 2.15. The van der Waals surface area contributed by atoms with Gasteiger partial charge in [-0.3, -0.25) is 20.2 Å². The molecule has 0 amide bonds. The fraction of sp³-hybridized carbons (Fsp3) is 1.00. The van der Waals surface area contributed by atoms with E-state index in [0.29, 0.717) is 0 Å². The van der Waals surface area contributed by atoms with Crippen LogP contribution < -0.4 is 0 Å². The van der Waals surface area contributed by atoms with E-state index in [0.717, 1.165) is 0 Å². The molecule has 0 bridgehead atoms. The first-order valence-electron chi connectivity index (χ1n) is 3.26. The Morgan fingerprint density at radius 2 is 1.31 bits per heavy atom. The Hall–Kier alpha value is -0.240. The van der Waals surface area contributed by atoms with Gasteiger partial charge in [0.1, 0.15) is 6.42 Å². The number of nitro groups is 2. The van der Waals surface area contributed by atoms with E-state index in [1.54, 1.807) is 0 Å². The number of hydrogen-bond donors (Lipinski definition) is 0. The third-order valence-electron chi connectivity index (χ3n) is 1.41. The van der Waals surface area contributed by atoms with Gasteiger partial charge in [0.05, 0.1) is 0 Å². The standard InChI is InChI=1S/C5H8Br2N2O4/c1-4(6,8(10)11)3-5(2,7)9(12)13/h3H2,1-2H3/t4-,5+. The van der Waals surface area contributed by atoms with Gasteiger partial charge >= 0.3 is 0 Å². The zero-order chi connectivity index (χ0) is 10.9. The second-order valence-corrected chi connectivity index (χ2v) is 6.39. The fourth-order valence-electron chi connectivity index (χ4n) is 0.718. The fourth-order valence-corrected chi connectivity index (χ4v) is 2.19. The van der Waals surface area contributed by atoms with Crippen molar-refractivity contribution in [3.63, 3.8) is 0 Å². The summed E-state index contributed by atoms with van der Waals surface area (Å²) >= 11 is 5.63. The van der Waals surface area contributed by atoms with E-state index in [9.17, 15) is 20.2 Å². The molecule has 0 aromatic carbocycles. The summed E-state index contributed by atoms with van der Waals surface area (Å²) in [6.45, 7) is 2.55. The number of nitrogens with zero attached hydrogens (tertiary/aromatic N) is 2. The Bertz CT molecular complexity index is 217. The maximum atomic E-state index is 10.4. The van der Waals surface area contributed by atoms with Gasteiger partial charge in [-0.25, -0.2) is 0 Å². The minimum Gasteiger partial charge on any atom is -0.263 e. The highest BCUT2D eigenvalue weighted by Crippen LogP contribution is 2.34. The summed E-state index contributed by atoms with van der Waals surface area (Å²) < 4.78 is -2.98. The summed E-state index contributed by atoms with van der Waals surface area (Å²) in [7, 11) is 0. The molecule has 0 N–H and O–H groups in total. The van der Waals surface area contributed by atoms with Crippen LogP contribution >= 0.6 is 31.9 Å². The lowest BCUT2D eigenvalue weighted by atomic mass is 10.1. The first-order valence-corrected chi connectivity index (χ1v) is 4.85. The van der Waals surface area contributed by atoms with Crippen molar-refractivity contribution in [1.82, 2.24) is 0 Å². The zero-order valence-electron chi connectivity index (χ0n) is 6.99. The second-order valence-electron chi connectivity index (χ2n) is 2.98. The normalized spacial score (nSPS) is 20.0. The molecule has 2 atom stereocenters. The largest absolute Gasteiger partial charge is 0.279 e. The molecule has 0 aromatic heterocycles. The van der Waals surface area contributed by atoms with E-state index in [2.05, 4.69) is 31.9 Å². The van der Waals surface area contributed by atoms with Crippen molar-refractivity contribution in [2.24, 2.45) is 0 Å². The highest BCUT2D eigenvalue weighted by Gasteiger charge is 2.48. The Labute approximate surface area is 91.2 Å².